The number of aliphatic hydroxyl groups is 1. The van der Waals surface area contributed by atoms with Gasteiger partial charge in [-0.25, -0.2) is 0 Å². The molecule has 1 saturated heterocycles. The van der Waals surface area contributed by atoms with E-state index in [0.29, 0.717) is 12.1 Å². The Hall–Kier alpha value is -0.120. The molecule has 0 aromatic rings. The molecule has 2 rings (SSSR count). The molecule has 0 bridgehead atoms. The summed E-state index contributed by atoms with van der Waals surface area (Å²) >= 11 is 0. The fraction of sp³-hybridized carbons (Fsp3) is 1.00. The summed E-state index contributed by atoms with van der Waals surface area (Å²) in [5, 5.41) is 13.6. The molecule has 4 unspecified atom stereocenters. The van der Waals surface area contributed by atoms with E-state index in [1.807, 2.05) is 0 Å². The van der Waals surface area contributed by atoms with Crippen LogP contribution in [0.25, 0.3) is 0 Å². The highest BCUT2D eigenvalue weighted by molar-refractivity contribution is 4.89. The van der Waals surface area contributed by atoms with E-state index >= 15 is 0 Å². The molecule has 0 spiro atoms. The Morgan fingerprint density at radius 3 is 2.76 bits per heavy atom. The van der Waals surface area contributed by atoms with Gasteiger partial charge in [0, 0.05) is 18.6 Å². The summed E-state index contributed by atoms with van der Waals surface area (Å²) in [5.74, 6) is 0.761. The van der Waals surface area contributed by atoms with Crippen molar-refractivity contribution in [1.82, 2.24) is 10.2 Å². The summed E-state index contributed by atoms with van der Waals surface area (Å²) in [7, 11) is 0. The highest BCUT2D eigenvalue weighted by atomic mass is 16.3. The standard InChI is InChI=1S/C14H28N2O/c1-3-15-11(2)12-6-5-9-16(10-12)13-7-4-8-14(13)17/h11-15,17H,3-10H2,1-2H3. The number of piperidine rings is 1. The van der Waals surface area contributed by atoms with E-state index in [-0.39, 0.29) is 6.10 Å². The van der Waals surface area contributed by atoms with Gasteiger partial charge >= 0.3 is 0 Å². The van der Waals surface area contributed by atoms with Crippen LogP contribution in [0, 0.1) is 5.92 Å². The normalized spacial score (nSPS) is 37.2. The van der Waals surface area contributed by atoms with Crippen molar-refractivity contribution in [2.75, 3.05) is 19.6 Å². The first-order valence-corrected chi connectivity index (χ1v) is 7.38. The van der Waals surface area contributed by atoms with E-state index in [1.54, 1.807) is 0 Å². The fourth-order valence-electron chi connectivity index (χ4n) is 3.59. The van der Waals surface area contributed by atoms with Crippen LogP contribution < -0.4 is 5.32 Å². The summed E-state index contributed by atoms with van der Waals surface area (Å²) in [6.07, 6.45) is 5.98. The average molecular weight is 240 g/mol. The summed E-state index contributed by atoms with van der Waals surface area (Å²) in [5.41, 5.74) is 0. The fourth-order valence-corrected chi connectivity index (χ4v) is 3.59. The van der Waals surface area contributed by atoms with Crippen LogP contribution in [-0.2, 0) is 0 Å². The minimum atomic E-state index is -0.0665. The molecule has 1 heterocycles. The predicted octanol–water partition coefficient (Wildman–Crippen LogP) is 1.61. The molecule has 1 saturated carbocycles. The predicted molar refractivity (Wildman–Crippen MR) is 71.1 cm³/mol. The van der Waals surface area contributed by atoms with E-state index in [0.717, 1.165) is 18.9 Å². The minimum Gasteiger partial charge on any atom is -0.391 e. The summed E-state index contributed by atoms with van der Waals surface area (Å²) in [4.78, 5) is 2.56. The van der Waals surface area contributed by atoms with Crippen molar-refractivity contribution in [3.63, 3.8) is 0 Å². The van der Waals surface area contributed by atoms with Crippen LogP contribution in [0.2, 0.25) is 0 Å². The van der Waals surface area contributed by atoms with Gasteiger partial charge in [0.05, 0.1) is 6.10 Å². The molecule has 3 heteroatoms. The Labute approximate surface area is 106 Å². The van der Waals surface area contributed by atoms with E-state index in [4.69, 9.17) is 0 Å². The number of rotatable bonds is 4. The van der Waals surface area contributed by atoms with Gasteiger partial charge in [-0.15, -0.1) is 0 Å². The molecule has 3 nitrogen and oxygen atoms in total. The zero-order chi connectivity index (χ0) is 12.3. The van der Waals surface area contributed by atoms with Crippen molar-refractivity contribution in [2.45, 2.75) is 64.1 Å². The maximum absolute atomic E-state index is 10.0. The summed E-state index contributed by atoms with van der Waals surface area (Å²) < 4.78 is 0. The van der Waals surface area contributed by atoms with Gasteiger partial charge in [-0.2, -0.15) is 0 Å². The minimum absolute atomic E-state index is 0.0665. The lowest BCUT2D eigenvalue weighted by Gasteiger charge is -2.40. The van der Waals surface area contributed by atoms with Gasteiger partial charge < -0.3 is 10.4 Å². The first-order chi connectivity index (χ1) is 8.22. The third-order valence-electron chi connectivity index (χ3n) is 4.64. The molecule has 0 aromatic carbocycles. The van der Waals surface area contributed by atoms with Crippen molar-refractivity contribution >= 4 is 0 Å². The van der Waals surface area contributed by atoms with Crippen LogP contribution in [-0.4, -0.2) is 47.8 Å². The lowest BCUT2D eigenvalue weighted by atomic mass is 9.90. The first-order valence-electron chi connectivity index (χ1n) is 7.38. The lowest BCUT2D eigenvalue weighted by molar-refractivity contribution is 0.0375. The smallest absolute Gasteiger partial charge is 0.0695 e. The molecule has 100 valence electrons. The zero-order valence-electron chi connectivity index (χ0n) is 11.4. The van der Waals surface area contributed by atoms with Gasteiger partial charge in [-0.05, 0) is 58.0 Å². The van der Waals surface area contributed by atoms with Crippen LogP contribution in [0.3, 0.4) is 0 Å². The van der Waals surface area contributed by atoms with Crippen molar-refractivity contribution in [1.29, 1.82) is 0 Å². The molecular formula is C14H28N2O. The van der Waals surface area contributed by atoms with E-state index in [9.17, 15) is 5.11 Å². The van der Waals surface area contributed by atoms with Crippen LogP contribution in [0.1, 0.15) is 46.0 Å². The SMILES string of the molecule is CCNC(C)C1CCCN(C2CCCC2O)C1. The van der Waals surface area contributed by atoms with Crippen molar-refractivity contribution in [3.05, 3.63) is 0 Å². The molecule has 2 fully saturated rings. The number of hydrogen-bond donors (Lipinski definition) is 2. The third-order valence-corrected chi connectivity index (χ3v) is 4.64. The monoisotopic (exact) mass is 240 g/mol. The van der Waals surface area contributed by atoms with Crippen molar-refractivity contribution in [2.24, 2.45) is 5.92 Å². The Bertz CT molecular complexity index is 234. The second-order valence-corrected chi connectivity index (χ2v) is 5.81. The molecular weight excluding hydrogens is 212 g/mol. The van der Waals surface area contributed by atoms with Crippen molar-refractivity contribution in [3.8, 4) is 0 Å². The van der Waals surface area contributed by atoms with Crippen LogP contribution >= 0.6 is 0 Å². The average Bonchev–Trinajstić information content (AvgIpc) is 2.76. The van der Waals surface area contributed by atoms with Crippen LogP contribution in [0.4, 0.5) is 0 Å². The molecule has 2 aliphatic rings. The first kappa shape index (κ1) is 13.3. The number of aliphatic hydroxyl groups excluding tert-OH is 1. The van der Waals surface area contributed by atoms with Gasteiger partial charge in [0.25, 0.3) is 0 Å². The van der Waals surface area contributed by atoms with Gasteiger partial charge in [-0.1, -0.05) is 6.92 Å². The quantitative estimate of drug-likeness (QED) is 0.783. The van der Waals surface area contributed by atoms with Gasteiger partial charge in [-0.3, -0.25) is 4.90 Å². The third kappa shape index (κ3) is 3.21. The van der Waals surface area contributed by atoms with Crippen LogP contribution in [0.15, 0.2) is 0 Å². The number of nitrogens with one attached hydrogen (secondary N) is 1. The van der Waals surface area contributed by atoms with E-state index in [2.05, 4.69) is 24.1 Å². The van der Waals surface area contributed by atoms with Gasteiger partial charge in [0.2, 0.25) is 0 Å². The molecule has 4 atom stereocenters. The number of likely N-dealkylation sites (tertiary alicyclic amines) is 1. The molecule has 0 aromatic heterocycles. The zero-order valence-corrected chi connectivity index (χ0v) is 11.4. The second-order valence-electron chi connectivity index (χ2n) is 5.81. The molecule has 0 amide bonds. The highest BCUT2D eigenvalue weighted by Gasteiger charge is 2.34. The maximum Gasteiger partial charge on any atom is 0.0695 e. The number of nitrogens with zero attached hydrogens (tertiary/aromatic N) is 1. The second kappa shape index (κ2) is 6.17. The topological polar surface area (TPSA) is 35.5 Å². The molecule has 0 radical (unpaired) electrons. The Kier molecular flexibility index (Phi) is 4.83. The van der Waals surface area contributed by atoms with Crippen LogP contribution in [0.5, 0.6) is 0 Å². The number of hydrogen-bond acceptors (Lipinski definition) is 3. The Balaban J connectivity index is 1.88. The van der Waals surface area contributed by atoms with E-state index in [1.165, 1.54) is 38.8 Å². The highest BCUT2D eigenvalue weighted by Crippen LogP contribution is 2.29. The molecule has 1 aliphatic carbocycles. The van der Waals surface area contributed by atoms with Gasteiger partial charge in [0.15, 0.2) is 0 Å². The van der Waals surface area contributed by atoms with Crippen molar-refractivity contribution < 1.29 is 5.11 Å². The molecule has 17 heavy (non-hydrogen) atoms. The van der Waals surface area contributed by atoms with E-state index < -0.39 is 0 Å². The Morgan fingerprint density at radius 1 is 1.29 bits per heavy atom. The summed E-state index contributed by atoms with van der Waals surface area (Å²) in [6.45, 7) is 7.91. The molecule has 2 N–H and O–H groups in total. The molecule has 1 aliphatic heterocycles. The largest absolute Gasteiger partial charge is 0.391 e. The lowest BCUT2D eigenvalue weighted by Crippen LogP contribution is -2.50. The van der Waals surface area contributed by atoms with Gasteiger partial charge in [0.1, 0.15) is 0 Å². The Morgan fingerprint density at radius 2 is 2.12 bits per heavy atom. The summed E-state index contributed by atoms with van der Waals surface area (Å²) in [6, 6.07) is 1.06. The maximum atomic E-state index is 10.0.